The van der Waals surface area contributed by atoms with Gasteiger partial charge in [-0.15, -0.1) is 0 Å². The quantitative estimate of drug-likeness (QED) is 0.870. The van der Waals surface area contributed by atoms with Crippen LogP contribution in [0.15, 0.2) is 47.6 Å². The van der Waals surface area contributed by atoms with E-state index in [0.29, 0.717) is 12.3 Å². The Bertz CT molecular complexity index is 636. The minimum atomic E-state index is -3.53. The highest BCUT2D eigenvalue weighted by Crippen LogP contribution is 2.15. The number of nitrogens with zero attached hydrogens (tertiary/aromatic N) is 2. The summed E-state index contributed by atoms with van der Waals surface area (Å²) in [5.41, 5.74) is 0. The van der Waals surface area contributed by atoms with Crippen LogP contribution in [-0.4, -0.2) is 31.3 Å². The Morgan fingerprint density at radius 3 is 2.60 bits per heavy atom. The fourth-order valence-corrected chi connectivity index (χ4v) is 3.05. The molecule has 0 amide bonds. The molecule has 0 saturated carbocycles. The maximum absolute atomic E-state index is 12.2. The van der Waals surface area contributed by atoms with Gasteiger partial charge in [0.2, 0.25) is 10.0 Å². The van der Waals surface area contributed by atoms with E-state index in [1.165, 1.54) is 19.2 Å². The zero-order valence-corrected chi connectivity index (χ0v) is 12.2. The molecule has 0 unspecified atom stereocenters. The summed E-state index contributed by atoms with van der Waals surface area (Å²) in [6.07, 6.45) is 3.45. The molecule has 1 aromatic carbocycles. The first-order valence-electron chi connectivity index (χ1n) is 6.15. The molecule has 1 atom stereocenters. The molecular formula is C13H17N3O3S. The Morgan fingerprint density at radius 1 is 1.35 bits per heavy atom. The van der Waals surface area contributed by atoms with Gasteiger partial charge in [0.05, 0.1) is 18.6 Å². The molecule has 0 aliphatic heterocycles. The van der Waals surface area contributed by atoms with E-state index in [1.807, 2.05) is 0 Å². The van der Waals surface area contributed by atoms with Crippen molar-refractivity contribution in [3.05, 3.63) is 42.7 Å². The molecular weight excluding hydrogens is 278 g/mol. The number of rotatable bonds is 6. The van der Waals surface area contributed by atoms with E-state index in [1.54, 1.807) is 42.2 Å². The van der Waals surface area contributed by atoms with Crippen molar-refractivity contribution in [3.63, 3.8) is 0 Å². The standard InChI is InChI=1S/C13H17N3O3S/c1-11(10-16-9-3-8-14-16)15-20(17,18)13-6-4-12(19-2)5-7-13/h3-9,11,15H,10H2,1-2H3/t11-/m0/s1. The van der Waals surface area contributed by atoms with Gasteiger partial charge >= 0.3 is 0 Å². The van der Waals surface area contributed by atoms with Crippen LogP contribution in [0.1, 0.15) is 6.92 Å². The minimum Gasteiger partial charge on any atom is -0.497 e. The molecule has 0 radical (unpaired) electrons. The van der Waals surface area contributed by atoms with Gasteiger partial charge < -0.3 is 4.74 Å². The number of benzene rings is 1. The summed E-state index contributed by atoms with van der Waals surface area (Å²) < 4.78 is 33.7. The molecule has 2 rings (SSSR count). The summed E-state index contributed by atoms with van der Waals surface area (Å²) in [5.74, 6) is 0.619. The summed E-state index contributed by atoms with van der Waals surface area (Å²) in [4.78, 5) is 0.214. The van der Waals surface area contributed by atoms with Crippen molar-refractivity contribution >= 4 is 10.0 Å². The van der Waals surface area contributed by atoms with Gasteiger partial charge in [0, 0.05) is 18.4 Å². The maximum Gasteiger partial charge on any atom is 0.240 e. The van der Waals surface area contributed by atoms with E-state index < -0.39 is 10.0 Å². The van der Waals surface area contributed by atoms with Crippen LogP contribution in [0.5, 0.6) is 5.75 Å². The number of aromatic nitrogens is 2. The van der Waals surface area contributed by atoms with Crippen LogP contribution in [0.2, 0.25) is 0 Å². The van der Waals surface area contributed by atoms with E-state index in [2.05, 4.69) is 9.82 Å². The van der Waals surface area contributed by atoms with Gasteiger partial charge in [0.1, 0.15) is 5.75 Å². The molecule has 0 aliphatic carbocycles. The molecule has 2 aromatic rings. The Kier molecular flexibility index (Phi) is 4.41. The molecule has 0 fully saturated rings. The Morgan fingerprint density at radius 2 is 2.05 bits per heavy atom. The molecule has 1 N–H and O–H groups in total. The Labute approximate surface area is 118 Å². The van der Waals surface area contributed by atoms with Crippen LogP contribution >= 0.6 is 0 Å². The van der Waals surface area contributed by atoms with E-state index >= 15 is 0 Å². The number of hydrogen-bond donors (Lipinski definition) is 1. The third-order valence-electron chi connectivity index (χ3n) is 2.75. The highest BCUT2D eigenvalue weighted by atomic mass is 32.2. The highest BCUT2D eigenvalue weighted by molar-refractivity contribution is 7.89. The topological polar surface area (TPSA) is 73.2 Å². The fraction of sp³-hybridized carbons (Fsp3) is 0.308. The molecule has 1 aromatic heterocycles. The van der Waals surface area contributed by atoms with E-state index in [4.69, 9.17) is 4.74 Å². The van der Waals surface area contributed by atoms with Crippen LogP contribution in [0, 0.1) is 0 Å². The average Bonchev–Trinajstić information content (AvgIpc) is 2.91. The van der Waals surface area contributed by atoms with Gasteiger partial charge in [0.25, 0.3) is 0 Å². The van der Waals surface area contributed by atoms with Gasteiger partial charge in [0.15, 0.2) is 0 Å². The Balaban J connectivity index is 2.05. The van der Waals surface area contributed by atoms with E-state index in [9.17, 15) is 8.42 Å². The molecule has 0 aliphatic rings. The molecule has 6 nitrogen and oxygen atoms in total. The number of nitrogens with one attached hydrogen (secondary N) is 1. The smallest absolute Gasteiger partial charge is 0.240 e. The van der Waals surface area contributed by atoms with E-state index in [-0.39, 0.29) is 10.9 Å². The fourth-order valence-electron chi connectivity index (χ4n) is 1.81. The first-order chi connectivity index (χ1) is 9.51. The average molecular weight is 295 g/mol. The second kappa shape index (κ2) is 6.06. The van der Waals surface area contributed by atoms with Crippen LogP contribution in [0.3, 0.4) is 0 Å². The van der Waals surface area contributed by atoms with Crippen molar-refractivity contribution in [2.45, 2.75) is 24.4 Å². The molecule has 7 heteroatoms. The molecule has 0 bridgehead atoms. The Hall–Kier alpha value is -1.86. The number of sulfonamides is 1. The molecule has 20 heavy (non-hydrogen) atoms. The number of hydrogen-bond acceptors (Lipinski definition) is 4. The largest absolute Gasteiger partial charge is 0.497 e. The van der Waals surface area contributed by atoms with Crippen molar-refractivity contribution in [2.75, 3.05) is 7.11 Å². The summed E-state index contributed by atoms with van der Waals surface area (Å²) in [5, 5.41) is 4.05. The normalized spacial score (nSPS) is 13.1. The lowest BCUT2D eigenvalue weighted by Crippen LogP contribution is -2.35. The summed E-state index contributed by atoms with van der Waals surface area (Å²) >= 11 is 0. The van der Waals surface area contributed by atoms with Crippen molar-refractivity contribution in [3.8, 4) is 5.75 Å². The zero-order valence-electron chi connectivity index (χ0n) is 11.4. The van der Waals surface area contributed by atoms with Crippen molar-refractivity contribution in [1.82, 2.24) is 14.5 Å². The molecule has 0 spiro atoms. The lowest BCUT2D eigenvalue weighted by Gasteiger charge is -2.14. The maximum atomic E-state index is 12.2. The van der Waals surface area contributed by atoms with Gasteiger partial charge in [-0.3, -0.25) is 4.68 Å². The molecule has 0 saturated heterocycles. The van der Waals surface area contributed by atoms with Gasteiger partial charge in [-0.05, 0) is 37.3 Å². The van der Waals surface area contributed by atoms with Crippen LogP contribution in [-0.2, 0) is 16.6 Å². The predicted octanol–water partition coefficient (Wildman–Crippen LogP) is 1.26. The zero-order chi connectivity index (χ0) is 14.6. The second-order valence-corrected chi connectivity index (χ2v) is 6.14. The van der Waals surface area contributed by atoms with Gasteiger partial charge in [-0.2, -0.15) is 5.10 Å². The van der Waals surface area contributed by atoms with Crippen LogP contribution in [0.25, 0.3) is 0 Å². The lowest BCUT2D eigenvalue weighted by atomic mass is 10.3. The number of methoxy groups -OCH3 is 1. The van der Waals surface area contributed by atoms with Crippen molar-refractivity contribution in [2.24, 2.45) is 0 Å². The second-order valence-electron chi connectivity index (χ2n) is 4.43. The predicted molar refractivity (Wildman–Crippen MR) is 75.0 cm³/mol. The molecule has 1 heterocycles. The minimum absolute atomic E-state index is 0.214. The van der Waals surface area contributed by atoms with Crippen molar-refractivity contribution in [1.29, 1.82) is 0 Å². The van der Waals surface area contributed by atoms with Gasteiger partial charge in [-0.1, -0.05) is 0 Å². The van der Waals surface area contributed by atoms with Crippen LogP contribution in [0.4, 0.5) is 0 Å². The third kappa shape index (κ3) is 3.58. The summed E-state index contributed by atoms with van der Waals surface area (Å²) in [6, 6.07) is 7.80. The van der Waals surface area contributed by atoms with Crippen LogP contribution < -0.4 is 9.46 Å². The summed E-state index contributed by atoms with van der Waals surface area (Å²) in [6.45, 7) is 2.27. The monoisotopic (exact) mass is 295 g/mol. The summed E-state index contributed by atoms with van der Waals surface area (Å²) in [7, 11) is -2.00. The van der Waals surface area contributed by atoms with Crippen molar-refractivity contribution < 1.29 is 13.2 Å². The first kappa shape index (κ1) is 14.5. The van der Waals surface area contributed by atoms with E-state index in [0.717, 1.165) is 0 Å². The lowest BCUT2D eigenvalue weighted by molar-refractivity contribution is 0.414. The first-order valence-corrected chi connectivity index (χ1v) is 7.63. The SMILES string of the molecule is COc1ccc(S(=O)(=O)N[C@@H](C)Cn2cccn2)cc1. The van der Waals surface area contributed by atoms with Gasteiger partial charge in [-0.25, -0.2) is 13.1 Å². The third-order valence-corrected chi connectivity index (χ3v) is 4.35. The highest BCUT2D eigenvalue weighted by Gasteiger charge is 2.17. The molecule has 108 valence electrons. The number of ether oxygens (including phenoxy) is 1.